The molecule has 3 aromatic rings. The lowest BCUT2D eigenvalue weighted by Gasteiger charge is -2.24. The molecule has 7 nitrogen and oxygen atoms in total. The molecule has 0 bridgehead atoms. The molecule has 3 heterocycles. The maximum absolute atomic E-state index is 9.73. The van der Waals surface area contributed by atoms with Crippen molar-refractivity contribution in [3.05, 3.63) is 119 Å². The van der Waals surface area contributed by atoms with E-state index in [2.05, 4.69) is 20.9 Å². The monoisotopic (exact) mass is 484 g/mol. The molecule has 37 heavy (non-hydrogen) atoms. The quantitative estimate of drug-likeness (QED) is 0.400. The summed E-state index contributed by atoms with van der Waals surface area (Å²) in [6.07, 6.45) is 7.28. The molecule has 0 N–H and O–H groups in total. The molecule has 4 rings (SSSR count). The zero-order valence-corrected chi connectivity index (χ0v) is 20.6. The third-order valence-corrected chi connectivity index (χ3v) is 5.92. The Labute approximate surface area is 216 Å². The highest BCUT2D eigenvalue weighted by atomic mass is 16.5. The van der Waals surface area contributed by atoms with Crippen LogP contribution in [0.4, 0.5) is 5.69 Å². The van der Waals surface area contributed by atoms with E-state index in [1.807, 2.05) is 85.0 Å². The van der Waals surface area contributed by atoms with Gasteiger partial charge in [-0.15, -0.1) is 0 Å². The van der Waals surface area contributed by atoms with Crippen molar-refractivity contribution in [2.75, 3.05) is 4.90 Å². The minimum Gasteiger partial charge on any atom is -0.480 e. The van der Waals surface area contributed by atoms with E-state index in [4.69, 9.17) is 4.74 Å². The van der Waals surface area contributed by atoms with E-state index in [1.54, 1.807) is 26.2 Å². The first-order chi connectivity index (χ1) is 17.9. The predicted octanol–water partition coefficient (Wildman–Crippen LogP) is 5.63. The van der Waals surface area contributed by atoms with Gasteiger partial charge in [0.05, 0.1) is 24.5 Å². The number of nitriles is 3. The van der Waals surface area contributed by atoms with Gasteiger partial charge in [0.1, 0.15) is 29.4 Å². The number of pyridine rings is 2. The normalized spacial score (nSPS) is 14.0. The van der Waals surface area contributed by atoms with Crippen LogP contribution in [0, 0.1) is 34.0 Å². The van der Waals surface area contributed by atoms with E-state index in [9.17, 15) is 15.8 Å². The Morgan fingerprint density at radius 2 is 1.46 bits per heavy atom. The molecule has 180 valence electrons. The van der Waals surface area contributed by atoms with Crippen LogP contribution in [-0.4, -0.2) is 15.6 Å². The number of hydrogen-bond acceptors (Lipinski definition) is 7. The summed E-state index contributed by atoms with van der Waals surface area (Å²) >= 11 is 0. The number of allylic oxidation sites excluding steroid dienone is 2. The van der Waals surface area contributed by atoms with E-state index in [1.165, 1.54) is 0 Å². The van der Waals surface area contributed by atoms with Crippen LogP contribution in [0.1, 0.15) is 30.8 Å². The highest BCUT2D eigenvalue weighted by Crippen LogP contribution is 2.40. The van der Waals surface area contributed by atoms with Gasteiger partial charge in [0.15, 0.2) is 11.3 Å². The standard InChI is InChI=1S/C30H24N6O/c1-30(2)28(27(19-33)29(37-30)23(17-31)18-32)14-11-22-9-12-26(13-10-22)36(20-24-7-3-5-15-34-24)21-25-8-4-6-16-35-25/h3-16H,20-21H2,1-2H3/b14-11+. The lowest BCUT2D eigenvalue weighted by molar-refractivity contribution is 0.0954. The predicted molar refractivity (Wildman–Crippen MR) is 140 cm³/mol. The Morgan fingerprint density at radius 3 is 1.95 bits per heavy atom. The number of ether oxygens (including phenoxy) is 1. The van der Waals surface area contributed by atoms with E-state index in [-0.39, 0.29) is 16.9 Å². The molecule has 0 saturated heterocycles. The Balaban J connectivity index is 1.61. The lowest BCUT2D eigenvalue weighted by atomic mass is 9.94. The average Bonchev–Trinajstić information content (AvgIpc) is 3.18. The van der Waals surface area contributed by atoms with Crippen LogP contribution in [0.15, 0.2) is 102 Å². The van der Waals surface area contributed by atoms with Crippen molar-refractivity contribution >= 4 is 11.8 Å². The van der Waals surface area contributed by atoms with Crippen molar-refractivity contribution in [3.8, 4) is 18.2 Å². The van der Waals surface area contributed by atoms with Crippen LogP contribution < -0.4 is 4.90 Å². The van der Waals surface area contributed by atoms with Crippen LogP contribution in [0.5, 0.6) is 0 Å². The van der Waals surface area contributed by atoms with Gasteiger partial charge in [0.25, 0.3) is 0 Å². The summed E-state index contributed by atoms with van der Waals surface area (Å²) in [5.41, 5.74) is 3.62. The number of nitrogens with zero attached hydrogens (tertiary/aromatic N) is 6. The number of anilines is 1. The van der Waals surface area contributed by atoms with E-state index in [0.717, 1.165) is 22.6 Å². The zero-order chi connectivity index (χ0) is 26.3. The zero-order valence-electron chi connectivity index (χ0n) is 20.6. The van der Waals surface area contributed by atoms with Gasteiger partial charge in [-0.1, -0.05) is 36.4 Å². The van der Waals surface area contributed by atoms with Crippen molar-refractivity contribution in [1.29, 1.82) is 15.8 Å². The Kier molecular flexibility index (Phi) is 7.43. The first kappa shape index (κ1) is 24.9. The number of aromatic nitrogens is 2. The van der Waals surface area contributed by atoms with Crippen LogP contribution >= 0.6 is 0 Å². The van der Waals surface area contributed by atoms with Crippen molar-refractivity contribution in [2.24, 2.45) is 0 Å². The molecule has 0 amide bonds. The lowest BCUT2D eigenvalue weighted by Crippen LogP contribution is -2.23. The second-order valence-corrected chi connectivity index (χ2v) is 8.86. The van der Waals surface area contributed by atoms with Crippen molar-refractivity contribution in [3.63, 3.8) is 0 Å². The number of hydrogen-bond donors (Lipinski definition) is 0. The summed E-state index contributed by atoms with van der Waals surface area (Å²) in [4.78, 5) is 11.2. The van der Waals surface area contributed by atoms with E-state index in [0.29, 0.717) is 18.7 Å². The molecule has 0 saturated carbocycles. The summed E-state index contributed by atoms with van der Waals surface area (Å²) in [7, 11) is 0. The van der Waals surface area contributed by atoms with Gasteiger partial charge in [-0.05, 0) is 55.8 Å². The van der Waals surface area contributed by atoms with Crippen LogP contribution in [0.2, 0.25) is 0 Å². The SMILES string of the molecule is CC1(C)OC(=C(C#N)C#N)C(C#N)=C1/C=C/c1ccc(N(Cc2ccccn2)Cc2ccccn2)cc1. The molecule has 1 aliphatic rings. The van der Waals surface area contributed by atoms with Gasteiger partial charge in [0, 0.05) is 23.7 Å². The fourth-order valence-electron chi connectivity index (χ4n) is 4.07. The minimum atomic E-state index is -0.849. The first-order valence-corrected chi connectivity index (χ1v) is 11.7. The molecule has 7 heteroatoms. The molecule has 1 aliphatic heterocycles. The summed E-state index contributed by atoms with van der Waals surface area (Å²) in [5.74, 6) is 0.0344. The molecular formula is C30H24N6O. The maximum atomic E-state index is 9.73. The summed E-state index contributed by atoms with van der Waals surface area (Å²) in [5, 5.41) is 28.2. The summed E-state index contributed by atoms with van der Waals surface area (Å²) in [6.45, 7) is 4.87. The maximum Gasteiger partial charge on any atom is 0.172 e. The topological polar surface area (TPSA) is 110 Å². The number of benzene rings is 1. The van der Waals surface area contributed by atoms with Crippen LogP contribution in [-0.2, 0) is 17.8 Å². The molecule has 0 fully saturated rings. The van der Waals surface area contributed by atoms with Gasteiger partial charge in [-0.25, -0.2) is 0 Å². The third kappa shape index (κ3) is 5.73. The molecule has 0 radical (unpaired) electrons. The summed E-state index contributed by atoms with van der Waals surface area (Å²) in [6, 6.07) is 25.6. The smallest absolute Gasteiger partial charge is 0.172 e. The van der Waals surface area contributed by atoms with E-state index >= 15 is 0 Å². The second-order valence-electron chi connectivity index (χ2n) is 8.86. The van der Waals surface area contributed by atoms with E-state index < -0.39 is 5.60 Å². The fraction of sp³-hybridized carbons (Fsp3) is 0.167. The number of rotatable bonds is 7. The third-order valence-electron chi connectivity index (χ3n) is 5.92. The largest absolute Gasteiger partial charge is 0.480 e. The van der Waals surface area contributed by atoms with Crippen molar-refractivity contribution in [1.82, 2.24) is 9.97 Å². The Hall–Kier alpha value is -5.19. The molecule has 0 spiro atoms. The average molecular weight is 485 g/mol. The molecule has 0 aliphatic carbocycles. The van der Waals surface area contributed by atoms with Gasteiger partial charge in [-0.2, -0.15) is 15.8 Å². The second kappa shape index (κ2) is 11.0. The minimum absolute atomic E-state index is 0.0344. The molecule has 2 aromatic heterocycles. The summed E-state index contributed by atoms with van der Waals surface area (Å²) < 4.78 is 5.83. The van der Waals surface area contributed by atoms with Gasteiger partial charge < -0.3 is 9.64 Å². The van der Waals surface area contributed by atoms with Crippen LogP contribution in [0.3, 0.4) is 0 Å². The van der Waals surface area contributed by atoms with Gasteiger partial charge in [-0.3, -0.25) is 9.97 Å². The Bertz CT molecular complexity index is 1420. The van der Waals surface area contributed by atoms with Gasteiger partial charge in [0.2, 0.25) is 0 Å². The highest BCUT2D eigenvalue weighted by molar-refractivity contribution is 5.65. The Morgan fingerprint density at radius 1 is 0.865 bits per heavy atom. The molecule has 1 aromatic carbocycles. The van der Waals surface area contributed by atoms with Gasteiger partial charge >= 0.3 is 0 Å². The molecule has 0 atom stereocenters. The highest BCUT2D eigenvalue weighted by Gasteiger charge is 2.38. The molecular weight excluding hydrogens is 460 g/mol. The van der Waals surface area contributed by atoms with Crippen LogP contribution in [0.25, 0.3) is 6.08 Å². The molecule has 0 unspecified atom stereocenters. The van der Waals surface area contributed by atoms with Crippen molar-refractivity contribution < 1.29 is 4.74 Å². The fourth-order valence-corrected chi connectivity index (χ4v) is 4.07. The first-order valence-electron chi connectivity index (χ1n) is 11.7. The van der Waals surface area contributed by atoms with Crippen molar-refractivity contribution in [2.45, 2.75) is 32.5 Å².